The summed E-state index contributed by atoms with van der Waals surface area (Å²) < 4.78 is 16.9. The Morgan fingerprint density at radius 2 is 1.82 bits per heavy atom. The van der Waals surface area contributed by atoms with E-state index in [2.05, 4.69) is 0 Å². The van der Waals surface area contributed by atoms with Crippen molar-refractivity contribution in [3.63, 3.8) is 0 Å². The number of hydrogen-bond donors (Lipinski definition) is 0. The lowest BCUT2D eigenvalue weighted by molar-refractivity contribution is -0.114. The summed E-state index contributed by atoms with van der Waals surface area (Å²) in [6.45, 7) is 1.13. The molecule has 0 N–H and O–H groups in total. The zero-order valence-electron chi connectivity index (χ0n) is 18.7. The molecule has 0 aromatic heterocycles. The number of carbonyl (C=O) groups excluding carboxylic acids is 1. The van der Waals surface area contributed by atoms with E-state index in [0.29, 0.717) is 35.2 Å². The lowest BCUT2D eigenvalue weighted by Gasteiger charge is -2.17. The highest BCUT2D eigenvalue weighted by Gasteiger charge is 2.26. The van der Waals surface area contributed by atoms with Gasteiger partial charge in [-0.2, -0.15) is 5.26 Å². The molecular weight excluding hydrogens is 452 g/mol. The topological polar surface area (TPSA) is 71.8 Å². The molecule has 1 aliphatic heterocycles. The van der Waals surface area contributed by atoms with Crippen LogP contribution >= 0.6 is 11.6 Å². The molecule has 0 bridgehead atoms. The maximum absolute atomic E-state index is 13.1. The maximum atomic E-state index is 13.1. The molecule has 0 aliphatic carbocycles. The molecular formula is C27H23ClN2O4. The molecule has 0 saturated heterocycles. The first-order valence-corrected chi connectivity index (χ1v) is 11.2. The average molecular weight is 475 g/mol. The Morgan fingerprint density at radius 3 is 2.59 bits per heavy atom. The van der Waals surface area contributed by atoms with Crippen LogP contribution in [-0.4, -0.2) is 32.8 Å². The molecule has 0 radical (unpaired) electrons. The quantitative estimate of drug-likeness (QED) is 0.251. The molecule has 172 valence electrons. The van der Waals surface area contributed by atoms with E-state index in [4.69, 9.17) is 25.8 Å². The fourth-order valence-corrected chi connectivity index (χ4v) is 4.06. The predicted octanol–water partition coefficient (Wildman–Crippen LogP) is 5.30. The van der Waals surface area contributed by atoms with Crippen molar-refractivity contribution in [3.05, 3.63) is 88.5 Å². The first-order chi connectivity index (χ1) is 16.6. The van der Waals surface area contributed by atoms with Gasteiger partial charge in [0.25, 0.3) is 5.91 Å². The van der Waals surface area contributed by atoms with Crippen LogP contribution in [0.25, 0.3) is 6.08 Å². The van der Waals surface area contributed by atoms with Crippen LogP contribution in [0.1, 0.15) is 11.1 Å². The number of hydrogen-bond acceptors (Lipinski definition) is 5. The van der Waals surface area contributed by atoms with Gasteiger partial charge >= 0.3 is 0 Å². The zero-order chi connectivity index (χ0) is 23.9. The summed E-state index contributed by atoms with van der Waals surface area (Å²) in [6.07, 6.45) is 2.28. The van der Waals surface area contributed by atoms with Gasteiger partial charge in [0.2, 0.25) is 0 Å². The molecule has 1 heterocycles. The number of amides is 1. The minimum atomic E-state index is -0.346. The van der Waals surface area contributed by atoms with Crippen LogP contribution in [0.3, 0.4) is 0 Å². The number of para-hydroxylation sites is 2. The summed E-state index contributed by atoms with van der Waals surface area (Å²) >= 11 is 6.46. The first-order valence-electron chi connectivity index (χ1n) is 10.8. The van der Waals surface area contributed by atoms with Gasteiger partial charge in [0.15, 0.2) is 11.5 Å². The van der Waals surface area contributed by atoms with Gasteiger partial charge in [-0.3, -0.25) is 4.79 Å². The normalized spacial score (nSPS) is 12.6. The van der Waals surface area contributed by atoms with E-state index in [-0.39, 0.29) is 18.1 Å². The van der Waals surface area contributed by atoms with E-state index in [1.54, 1.807) is 17.0 Å². The number of fused-ring (bicyclic) bond motifs is 1. The predicted molar refractivity (Wildman–Crippen MR) is 132 cm³/mol. The number of anilines is 1. The molecule has 34 heavy (non-hydrogen) atoms. The second-order valence-corrected chi connectivity index (χ2v) is 7.96. The summed E-state index contributed by atoms with van der Waals surface area (Å²) in [5.74, 6) is 1.17. The van der Waals surface area contributed by atoms with Crippen LogP contribution in [0.5, 0.6) is 17.2 Å². The van der Waals surface area contributed by atoms with E-state index in [0.717, 1.165) is 23.4 Å². The lowest BCUT2D eigenvalue weighted by Crippen LogP contribution is -2.29. The van der Waals surface area contributed by atoms with Crippen molar-refractivity contribution in [1.82, 2.24) is 0 Å². The summed E-state index contributed by atoms with van der Waals surface area (Å²) in [4.78, 5) is 14.7. The zero-order valence-corrected chi connectivity index (χ0v) is 19.4. The Kier molecular flexibility index (Phi) is 7.36. The van der Waals surface area contributed by atoms with Gasteiger partial charge < -0.3 is 19.1 Å². The summed E-state index contributed by atoms with van der Waals surface area (Å²) in [5, 5.41) is 9.99. The van der Waals surface area contributed by atoms with Gasteiger partial charge in [0.05, 0.1) is 12.1 Å². The Morgan fingerprint density at radius 1 is 1.09 bits per heavy atom. The Balaban J connectivity index is 1.48. The number of ether oxygens (including phenoxy) is 3. The third-order valence-electron chi connectivity index (χ3n) is 5.39. The maximum Gasteiger partial charge on any atom is 0.268 e. The van der Waals surface area contributed by atoms with Gasteiger partial charge in [-0.15, -0.1) is 0 Å². The number of nitriles is 1. The van der Waals surface area contributed by atoms with Crippen LogP contribution in [0.2, 0.25) is 5.02 Å². The fourth-order valence-electron chi connectivity index (χ4n) is 3.79. The van der Waals surface area contributed by atoms with Crippen molar-refractivity contribution in [2.45, 2.75) is 6.42 Å². The molecule has 3 aromatic rings. The van der Waals surface area contributed by atoms with Gasteiger partial charge in [0, 0.05) is 12.2 Å². The minimum absolute atomic E-state index is 0.0137. The number of carbonyl (C=O) groups is 1. The standard InChI is InChI=1S/C27H23ClN2O4/c1-32-25-17-19(16-23(28)26(25)34-14-13-33-22-8-3-2-4-9-22)15-21(18-29)27(31)30-12-11-20-7-5-6-10-24(20)30/h2-10,15-17H,11-14H2,1H3/b21-15+. The number of rotatable bonds is 8. The monoisotopic (exact) mass is 474 g/mol. The molecule has 0 spiro atoms. The van der Waals surface area contributed by atoms with Gasteiger partial charge in [0.1, 0.15) is 30.6 Å². The van der Waals surface area contributed by atoms with Crippen molar-refractivity contribution in [2.24, 2.45) is 0 Å². The summed E-state index contributed by atoms with van der Waals surface area (Å²) in [6, 6.07) is 22.5. The third-order valence-corrected chi connectivity index (χ3v) is 5.67. The molecule has 4 rings (SSSR count). The molecule has 0 unspecified atom stereocenters. The lowest BCUT2D eigenvalue weighted by atomic mass is 10.1. The highest BCUT2D eigenvalue weighted by Crippen LogP contribution is 2.37. The highest BCUT2D eigenvalue weighted by molar-refractivity contribution is 6.32. The van der Waals surface area contributed by atoms with Crippen molar-refractivity contribution in [2.75, 3.05) is 31.8 Å². The molecule has 0 atom stereocenters. The van der Waals surface area contributed by atoms with E-state index in [1.165, 1.54) is 13.2 Å². The largest absolute Gasteiger partial charge is 0.493 e. The molecule has 1 aliphatic rings. The van der Waals surface area contributed by atoms with Crippen LogP contribution in [0, 0.1) is 11.3 Å². The van der Waals surface area contributed by atoms with Gasteiger partial charge in [-0.1, -0.05) is 48.0 Å². The smallest absolute Gasteiger partial charge is 0.268 e. The summed E-state index contributed by atoms with van der Waals surface area (Å²) in [5.41, 5.74) is 2.51. The molecule has 7 heteroatoms. The van der Waals surface area contributed by atoms with Gasteiger partial charge in [-0.25, -0.2) is 0 Å². The van der Waals surface area contributed by atoms with Crippen molar-refractivity contribution >= 4 is 29.3 Å². The van der Waals surface area contributed by atoms with E-state index < -0.39 is 0 Å². The van der Waals surface area contributed by atoms with Crippen LogP contribution in [0.4, 0.5) is 5.69 Å². The third kappa shape index (κ3) is 5.16. The van der Waals surface area contributed by atoms with E-state index >= 15 is 0 Å². The van der Waals surface area contributed by atoms with Crippen LogP contribution in [0.15, 0.2) is 72.3 Å². The number of nitrogens with zero attached hydrogens (tertiary/aromatic N) is 2. The fraction of sp³-hybridized carbons (Fsp3) is 0.185. The Labute approximate surface area is 203 Å². The second kappa shape index (κ2) is 10.8. The van der Waals surface area contributed by atoms with Crippen LogP contribution < -0.4 is 19.1 Å². The van der Waals surface area contributed by atoms with Crippen molar-refractivity contribution in [3.8, 4) is 23.3 Å². The van der Waals surface area contributed by atoms with Crippen molar-refractivity contribution in [1.29, 1.82) is 5.26 Å². The average Bonchev–Trinajstić information content (AvgIpc) is 3.30. The molecule has 0 fully saturated rings. The Bertz CT molecular complexity index is 1250. The molecule has 0 saturated carbocycles. The SMILES string of the molecule is COc1cc(/C=C(\C#N)C(=O)N2CCc3ccccc32)cc(Cl)c1OCCOc1ccccc1. The molecule has 3 aromatic carbocycles. The van der Waals surface area contributed by atoms with E-state index in [9.17, 15) is 10.1 Å². The first kappa shape index (κ1) is 23.2. The molecule has 6 nitrogen and oxygen atoms in total. The summed E-state index contributed by atoms with van der Waals surface area (Å²) in [7, 11) is 1.50. The second-order valence-electron chi connectivity index (χ2n) is 7.55. The number of methoxy groups -OCH3 is 1. The van der Waals surface area contributed by atoms with Crippen molar-refractivity contribution < 1.29 is 19.0 Å². The number of halogens is 1. The highest BCUT2D eigenvalue weighted by atomic mass is 35.5. The minimum Gasteiger partial charge on any atom is -0.493 e. The Hall–Kier alpha value is -3.95. The molecule has 1 amide bonds. The van der Waals surface area contributed by atoms with Gasteiger partial charge in [-0.05, 0) is 54.0 Å². The van der Waals surface area contributed by atoms with E-state index in [1.807, 2.05) is 60.7 Å². The number of benzene rings is 3. The van der Waals surface area contributed by atoms with Crippen LogP contribution in [-0.2, 0) is 11.2 Å².